The molecule has 1 saturated carbocycles. The first-order valence-electron chi connectivity index (χ1n) is 8.11. The van der Waals surface area contributed by atoms with Crippen molar-refractivity contribution in [2.24, 2.45) is 0 Å². The van der Waals surface area contributed by atoms with Gasteiger partial charge in [-0.2, -0.15) is 13.2 Å². The van der Waals surface area contributed by atoms with Crippen LogP contribution < -0.4 is 10.6 Å². The van der Waals surface area contributed by atoms with Crippen molar-refractivity contribution in [3.63, 3.8) is 0 Å². The summed E-state index contributed by atoms with van der Waals surface area (Å²) in [5.41, 5.74) is -0.983. The number of aromatic nitrogens is 2. The minimum Gasteiger partial charge on any atom is -0.348 e. The molecule has 0 atom stereocenters. The zero-order chi connectivity index (χ0) is 18.7. The Morgan fingerprint density at radius 2 is 1.85 bits per heavy atom. The van der Waals surface area contributed by atoms with Gasteiger partial charge in [0.1, 0.15) is 0 Å². The Morgan fingerprint density at radius 1 is 1.12 bits per heavy atom. The average molecular weight is 385 g/mol. The Balaban J connectivity index is 1.72. The Bertz CT molecular complexity index is 790. The van der Waals surface area contributed by atoms with Crippen LogP contribution in [-0.2, 0) is 6.18 Å². The van der Waals surface area contributed by atoms with Gasteiger partial charge in [0, 0.05) is 11.1 Å². The topological polar surface area (TPSA) is 66.9 Å². The van der Waals surface area contributed by atoms with Crippen molar-refractivity contribution < 1.29 is 18.0 Å². The second kappa shape index (κ2) is 7.49. The summed E-state index contributed by atoms with van der Waals surface area (Å²) in [6.07, 6.45) is -0.517. The highest BCUT2D eigenvalue weighted by Crippen LogP contribution is 2.37. The van der Waals surface area contributed by atoms with Gasteiger partial charge < -0.3 is 10.6 Å². The van der Waals surface area contributed by atoms with Crippen molar-refractivity contribution in [1.29, 1.82) is 0 Å². The number of carbonyl (C=O) groups excluding carboxylic acids is 1. The molecule has 1 aromatic heterocycles. The summed E-state index contributed by atoms with van der Waals surface area (Å²) in [6, 6.07) is 6.36. The lowest BCUT2D eigenvalue weighted by Gasteiger charge is -2.14. The summed E-state index contributed by atoms with van der Waals surface area (Å²) in [5.74, 6) is -0.242. The average Bonchev–Trinajstić information content (AvgIpc) is 3.09. The van der Waals surface area contributed by atoms with E-state index in [9.17, 15) is 18.0 Å². The van der Waals surface area contributed by atoms with Gasteiger partial charge >= 0.3 is 6.18 Å². The van der Waals surface area contributed by atoms with E-state index in [1.807, 2.05) is 0 Å². The molecule has 0 radical (unpaired) electrons. The molecule has 0 unspecified atom stereocenters. The van der Waals surface area contributed by atoms with Crippen molar-refractivity contribution in [3.8, 4) is 0 Å². The molecule has 1 fully saturated rings. The lowest BCUT2D eigenvalue weighted by Crippen LogP contribution is -2.33. The first kappa shape index (κ1) is 18.4. The summed E-state index contributed by atoms with van der Waals surface area (Å²) >= 11 is 5.65. The molecule has 1 aliphatic carbocycles. The van der Waals surface area contributed by atoms with E-state index in [-0.39, 0.29) is 34.2 Å². The zero-order valence-electron chi connectivity index (χ0n) is 13.6. The van der Waals surface area contributed by atoms with Crippen molar-refractivity contribution in [2.75, 3.05) is 5.32 Å². The molecule has 0 spiro atoms. The van der Waals surface area contributed by atoms with Crippen LogP contribution >= 0.6 is 11.6 Å². The van der Waals surface area contributed by atoms with E-state index in [1.165, 1.54) is 24.3 Å². The van der Waals surface area contributed by atoms with E-state index in [1.54, 1.807) is 0 Å². The highest BCUT2D eigenvalue weighted by Gasteiger charge is 2.34. The Morgan fingerprint density at radius 3 is 2.46 bits per heavy atom. The molecule has 3 rings (SSSR count). The number of halogens is 4. The minimum atomic E-state index is -4.57. The van der Waals surface area contributed by atoms with E-state index in [2.05, 4.69) is 20.8 Å². The summed E-state index contributed by atoms with van der Waals surface area (Å²) in [7, 11) is 0. The highest BCUT2D eigenvalue weighted by molar-refractivity contribution is 6.30. The Hall–Kier alpha value is -2.35. The van der Waals surface area contributed by atoms with E-state index >= 15 is 0 Å². The predicted octanol–water partition coefficient (Wildman–Crippen LogP) is 4.56. The van der Waals surface area contributed by atoms with Gasteiger partial charge in [-0.25, -0.2) is 0 Å². The summed E-state index contributed by atoms with van der Waals surface area (Å²) in [5, 5.41) is 13.0. The zero-order valence-corrected chi connectivity index (χ0v) is 14.4. The molecule has 0 saturated heterocycles. The number of hydrogen-bond acceptors (Lipinski definition) is 4. The van der Waals surface area contributed by atoms with Crippen LogP contribution in [0.5, 0.6) is 0 Å². The Kier molecular flexibility index (Phi) is 5.31. The lowest BCUT2D eigenvalue weighted by atomic mass is 10.1. The number of nitrogens with zero attached hydrogens (tertiary/aromatic N) is 2. The van der Waals surface area contributed by atoms with Crippen LogP contribution in [0.3, 0.4) is 0 Å². The van der Waals surface area contributed by atoms with E-state index < -0.39 is 11.7 Å². The van der Waals surface area contributed by atoms with Crippen LogP contribution in [0.4, 0.5) is 24.7 Å². The van der Waals surface area contributed by atoms with E-state index in [4.69, 9.17) is 11.6 Å². The van der Waals surface area contributed by atoms with Crippen LogP contribution in [-0.4, -0.2) is 22.1 Å². The lowest BCUT2D eigenvalue weighted by molar-refractivity contribution is -0.136. The van der Waals surface area contributed by atoms with E-state index in [0.29, 0.717) is 0 Å². The monoisotopic (exact) mass is 384 g/mol. The van der Waals surface area contributed by atoms with Gasteiger partial charge in [0.25, 0.3) is 5.91 Å². The second-order valence-electron chi connectivity index (χ2n) is 6.07. The van der Waals surface area contributed by atoms with Crippen molar-refractivity contribution in [3.05, 3.63) is 46.6 Å². The van der Waals surface area contributed by atoms with Crippen LogP contribution in [0.1, 0.15) is 41.7 Å². The third kappa shape index (κ3) is 4.43. The maximum absolute atomic E-state index is 13.1. The van der Waals surface area contributed by atoms with Crippen molar-refractivity contribution in [2.45, 2.75) is 37.9 Å². The highest BCUT2D eigenvalue weighted by atomic mass is 35.5. The predicted molar refractivity (Wildman–Crippen MR) is 91.5 cm³/mol. The molecule has 2 aromatic rings. The number of rotatable bonds is 4. The quantitative estimate of drug-likeness (QED) is 0.810. The molecule has 0 bridgehead atoms. The van der Waals surface area contributed by atoms with Gasteiger partial charge in [0.05, 0.1) is 11.3 Å². The Labute approximate surface area is 153 Å². The number of benzene rings is 1. The number of anilines is 2. The van der Waals surface area contributed by atoms with Gasteiger partial charge in [-0.05, 0) is 43.2 Å². The molecule has 26 heavy (non-hydrogen) atoms. The molecule has 1 aromatic carbocycles. The molecule has 1 amide bonds. The first-order chi connectivity index (χ1) is 12.3. The second-order valence-corrected chi connectivity index (χ2v) is 6.51. The smallest absolute Gasteiger partial charge is 0.348 e. The van der Waals surface area contributed by atoms with Gasteiger partial charge in [-0.1, -0.05) is 24.4 Å². The van der Waals surface area contributed by atoms with Crippen molar-refractivity contribution in [1.82, 2.24) is 15.5 Å². The van der Waals surface area contributed by atoms with Gasteiger partial charge in [0.2, 0.25) is 0 Å². The van der Waals surface area contributed by atoms with Crippen LogP contribution in [0.25, 0.3) is 0 Å². The molecule has 138 valence electrons. The number of nitrogens with one attached hydrogen (secondary N) is 2. The maximum Gasteiger partial charge on any atom is 0.418 e. The molecule has 1 heterocycles. The van der Waals surface area contributed by atoms with Gasteiger partial charge in [-0.3, -0.25) is 4.79 Å². The normalized spacial score (nSPS) is 15.1. The standard InChI is InChI=1S/C17H16ClF3N4O/c18-10-5-6-13(12(9-10)17(19,20)21)23-15-8-7-14(24-25-15)16(26)22-11-3-1-2-4-11/h5-9,11H,1-4H2,(H,22,26)(H,23,25). The third-order valence-electron chi connectivity index (χ3n) is 4.14. The summed E-state index contributed by atoms with van der Waals surface area (Å²) in [4.78, 5) is 12.1. The number of hydrogen-bond donors (Lipinski definition) is 2. The first-order valence-corrected chi connectivity index (χ1v) is 8.49. The fraction of sp³-hybridized carbons (Fsp3) is 0.353. The van der Waals surface area contributed by atoms with Crippen LogP contribution in [0.15, 0.2) is 30.3 Å². The van der Waals surface area contributed by atoms with Crippen LogP contribution in [0, 0.1) is 0 Å². The van der Waals surface area contributed by atoms with Crippen LogP contribution in [0.2, 0.25) is 5.02 Å². The molecular formula is C17H16ClF3N4O. The molecule has 9 heteroatoms. The van der Waals surface area contributed by atoms with Gasteiger partial charge in [0.15, 0.2) is 11.5 Å². The molecule has 5 nitrogen and oxygen atoms in total. The minimum absolute atomic E-state index is 0.0205. The fourth-order valence-electron chi connectivity index (χ4n) is 2.85. The molecular weight excluding hydrogens is 369 g/mol. The number of amides is 1. The third-order valence-corrected chi connectivity index (χ3v) is 4.37. The summed E-state index contributed by atoms with van der Waals surface area (Å²) < 4.78 is 39.3. The van der Waals surface area contributed by atoms with Crippen molar-refractivity contribution >= 4 is 29.0 Å². The molecule has 0 aliphatic heterocycles. The SMILES string of the molecule is O=C(NC1CCCC1)c1ccc(Nc2ccc(Cl)cc2C(F)(F)F)nn1. The molecule has 1 aliphatic rings. The maximum atomic E-state index is 13.1. The number of alkyl halides is 3. The van der Waals surface area contributed by atoms with E-state index in [0.717, 1.165) is 31.7 Å². The molecule has 2 N–H and O–H groups in total. The number of carbonyl (C=O) groups is 1. The largest absolute Gasteiger partial charge is 0.418 e. The van der Waals surface area contributed by atoms with Gasteiger partial charge in [-0.15, -0.1) is 10.2 Å². The summed E-state index contributed by atoms with van der Waals surface area (Å²) in [6.45, 7) is 0. The fourth-order valence-corrected chi connectivity index (χ4v) is 3.02.